The van der Waals surface area contributed by atoms with E-state index in [9.17, 15) is 23.1 Å². The van der Waals surface area contributed by atoms with Gasteiger partial charge in [-0.25, -0.2) is 13.2 Å². The summed E-state index contributed by atoms with van der Waals surface area (Å²) in [5, 5.41) is 20.5. The molecule has 4 nitrogen and oxygen atoms in total. The van der Waals surface area contributed by atoms with Gasteiger partial charge in [-0.15, -0.1) is 0 Å². The molecule has 1 amide bonds. The zero-order valence-electron chi connectivity index (χ0n) is 9.82. The quantitative estimate of drug-likeness (QED) is 0.742. The van der Waals surface area contributed by atoms with Crippen LogP contribution in [0.3, 0.4) is 0 Å². The Labute approximate surface area is 111 Å². The van der Waals surface area contributed by atoms with Crippen LogP contribution in [0.4, 0.5) is 18.9 Å². The van der Waals surface area contributed by atoms with Crippen molar-refractivity contribution in [2.45, 2.75) is 0 Å². The van der Waals surface area contributed by atoms with E-state index in [-0.39, 0.29) is 11.3 Å². The molecular formula is C13H8F3NO3. The van der Waals surface area contributed by atoms with Gasteiger partial charge in [0.05, 0.1) is 11.3 Å². The molecule has 2 aromatic rings. The summed E-state index contributed by atoms with van der Waals surface area (Å²) in [6, 6.07) is 4.04. The highest BCUT2D eigenvalue weighted by Gasteiger charge is 2.17. The highest BCUT2D eigenvalue weighted by molar-refractivity contribution is 6.06. The van der Waals surface area contributed by atoms with Gasteiger partial charge in [-0.3, -0.25) is 4.79 Å². The molecule has 104 valence electrons. The first-order chi connectivity index (χ1) is 9.38. The van der Waals surface area contributed by atoms with Gasteiger partial charge >= 0.3 is 0 Å². The summed E-state index contributed by atoms with van der Waals surface area (Å²) in [5.41, 5.74) is -0.980. The van der Waals surface area contributed by atoms with Crippen molar-refractivity contribution >= 4 is 11.6 Å². The first kappa shape index (κ1) is 13.7. The SMILES string of the molecule is O=C(Nc1cc(F)cc(F)c1F)c1ccc(O)cc1O. The Hall–Kier alpha value is -2.70. The van der Waals surface area contributed by atoms with Crippen molar-refractivity contribution < 1.29 is 28.2 Å². The molecule has 0 unspecified atom stereocenters. The number of hydrogen-bond donors (Lipinski definition) is 3. The van der Waals surface area contributed by atoms with E-state index in [0.717, 1.165) is 18.2 Å². The van der Waals surface area contributed by atoms with Crippen molar-refractivity contribution in [2.75, 3.05) is 5.32 Å². The number of rotatable bonds is 2. The second kappa shape index (κ2) is 5.12. The molecule has 0 aliphatic heterocycles. The molecule has 0 aliphatic carbocycles. The minimum Gasteiger partial charge on any atom is -0.508 e. The average Bonchev–Trinajstić information content (AvgIpc) is 2.35. The summed E-state index contributed by atoms with van der Waals surface area (Å²) in [6.45, 7) is 0. The number of hydrogen-bond acceptors (Lipinski definition) is 3. The van der Waals surface area contributed by atoms with Crippen LogP contribution in [-0.2, 0) is 0 Å². The molecule has 7 heteroatoms. The minimum atomic E-state index is -1.45. The number of carbonyl (C=O) groups excluding carboxylic acids is 1. The van der Waals surface area contributed by atoms with E-state index < -0.39 is 34.8 Å². The largest absolute Gasteiger partial charge is 0.508 e. The zero-order chi connectivity index (χ0) is 14.9. The summed E-state index contributed by atoms with van der Waals surface area (Å²) in [5.74, 6) is -5.74. The number of nitrogens with one attached hydrogen (secondary N) is 1. The van der Waals surface area contributed by atoms with Crippen LogP contribution in [0.2, 0.25) is 0 Å². The Morgan fingerprint density at radius 1 is 1.05 bits per heavy atom. The van der Waals surface area contributed by atoms with Crippen LogP contribution in [0.5, 0.6) is 11.5 Å². The maximum atomic E-state index is 13.4. The van der Waals surface area contributed by atoms with Crippen LogP contribution in [0.15, 0.2) is 30.3 Å². The molecule has 0 bridgehead atoms. The predicted molar refractivity (Wildman–Crippen MR) is 64.0 cm³/mol. The van der Waals surface area contributed by atoms with Crippen molar-refractivity contribution in [3.8, 4) is 11.5 Å². The fourth-order valence-corrected chi connectivity index (χ4v) is 1.55. The van der Waals surface area contributed by atoms with E-state index >= 15 is 0 Å². The lowest BCUT2D eigenvalue weighted by atomic mass is 10.1. The Morgan fingerprint density at radius 2 is 1.75 bits per heavy atom. The molecule has 2 aromatic carbocycles. The van der Waals surface area contributed by atoms with Crippen molar-refractivity contribution in [3.05, 3.63) is 53.3 Å². The molecule has 0 spiro atoms. The van der Waals surface area contributed by atoms with Crippen LogP contribution in [-0.4, -0.2) is 16.1 Å². The number of phenolic OH excluding ortho intramolecular Hbond substituents is 2. The third-order valence-corrected chi connectivity index (χ3v) is 2.47. The topological polar surface area (TPSA) is 69.6 Å². The number of benzene rings is 2. The van der Waals surface area contributed by atoms with Crippen molar-refractivity contribution in [1.82, 2.24) is 0 Å². The molecule has 0 aromatic heterocycles. The fourth-order valence-electron chi connectivity index (χ4n) is 1.55. The predicted octanol–water partition coefficient (Wildman–Crippen LogP) is 2.77. The molecule has 0 atom stereocenters. The fraction of sp³-hybridized carbons (Fsp3) is 0. The van der Waals surface area contributed by atoms with Gasteiger partial charge in [-0.2, -0.15) is 0 Å². The van der Waals surface area contributed by atoms with Crippen LogP contribution in [0, 0.1) is 17.5 Å². The van der Waals surface area contributed by atoms with Gasteiger partial charge in [0.15, 0.2) is 11.6 Å². The van der Waals surface area contributed by atoms with Gasteiger partial charge in [0.1, 0.15) is 17.3 Å². The van der Waals surface area contributed by atoms with Crippen LogP contribution in [0.1, 0.15) is 10.4 Å². The maximum absolute atomic E-state index is 13.4. The Balaban J connectivity index is 2.32. The lowest BCUT2D eigenvalue weighted by Gasteiger charge is -2.08. The van der Waals surface area contributed by atoms with E-state index in [0.29, 0.717) is 12.1 Å². The Kier molecular flexibility index (Phi) is 3.51. The maximum Gasteiger partial charge on any atom is 0.259 e. The first-order valence-electron chi connectivity index (χ1n) is 5.36. The number of anilines is 1. The van der Waals surface area contributed by atoms with E-state index in [1.54, 1.807) is 0 Å². The molecule has 0 heterocycles. The number of carbonyl (C=O) groups is 1. The highest BCUT2D eigenvalue weighted by Crippen LogP contribution is 2.25. The Morgan fingerprint density at radius 3 is 2.40 bits per heavy atom. The van der Waals surface area contributed by atoms with Crippen molar-refractivity contribution in [1.29, 1.82) is 0 Å². The van der Waals surface area contributed by atoms with Gasteiger partial charge in [0.25, 0.3) is 5.91 Å². The van der Waals surface area contributed by atoms with Crippen LogP contribution in [0.25, 0.3) is 0 Å². The van der Waals surface area contributed by atoms with Crippen molar-refractivity contribution in [3.63, 3.8) is 0 Å². The molecule has 20 heavy (non-hydrogen) atoms. The van der Waals surface area contributed by atoms with E-state index in [2.05, 4.69) is 0 Å². The molecule has 0 aliphatic rings. The van der Waals surface area contributed by atoms with Gasteiger partial charge in [-0.1, -0.05) is 0 Å². The number of amides is 1. The summed E-state index contributed by atoms with van der Waals surface area (Å²) >= 11 is 0. The molecule has 3 N–H and O–H groups in total. The number of aromatic hydroxyl groups is 2. The second-order valence-electron chi connectivity index (χ2n) is 3.90. The summed E-state index contributed by atoms with van der Waals surface area (Å²) < 4.78 is 39.3. The smallest absolute Gasteiger partial charge is 0.259 e. The summed E-state index contributed by atoms with van der Waals surface area (Å²) in [4.78, 5) is 11.8. The Bertz CT molecular complexity index is 689. The van der Waals surface area contributed by atoms with E-state index in [1.807, 2.05) is 5.32 Å². The zero-order valence-corrected chi connectivity index (χ0v) is 9.82. The average molecular weight is 283 g/mol. The minimum absolute atomic E-state index is 0.276. The third-order valence-electron chi connectivity index (χ3n) is 2.47. The number of phenols is 2. The van der Waals surface area contributed by atoms with Crippen molar-refractivity contribution in [2.24, 2.45) is 0 Å². The van der Waals surface area contributed by atoms with Gasteiger partial charge < -0.3 is 15.5 Å². The van der Waals surface area contributed by atoms with Gasteiger partial charge in [-0.05, 0) is 12.1 Å². The third kappa shape index (κ3) is 2.66. The van der Waals surface area contributed by atoms with E-state index in [1.165, 1.54) is 0 Å². The first-order valence-corrected chi connectivity index (χ1v) is 5.36. The summed E-state index contributed by atoms with van der Waals surface area (Å²) in [6.07, 6.45) is 0. The van der Waals surface area contributed by atoms with E-state index in [4.69, 9.17) is 5.11 Å². The normalized spacial score (nSPS) is 10.3. The summed E-state index contributed by atoms with van der Waals surface area (Å²) in [7, 11) is 0. The lowest BCUT2D eigenvalue weighted by Crippen LogP contribution is -2.14. The second-order valence-corrected chi connectivity index (χ2v) is 3.90. The molecule has 0 fully saturated rings. The van der Waals surface area contributed by atoms with Crippen LogP contribution < -0.4 is 5.32 Å². The molecule has 0 radical (unpaired) electrons. The number of halogens is 3. The van der Waals surface area contributed by atoms with Gasteiger partial charge in [0, 0.05) is 18.2 Å². The molecule has 0 saturated carbocycles. The van der Waals surface area contributed by atoms with Crippen LogP contribution >= 0.6 is 0 Å². The van der Waals surface area contributed by atoms with Gasteiger partial charge in [0.2, 0.25) is 0 Å². The molecular weight excluding hydrogens is 275 g/mol. The standard InChI is InChI=1S/C13H8F3NO3/c14-6-3-9(15)12(16)10(4-6)17-13(20)8-2-1-7(18)5-11(8)19/h1-5,18-19H,(H,17,20). The highest BCUT2D eigenvalue weighted by atomic mass is 19.2. The monoisotopic (exact) mass is 283 g/mol. The molecule has 2 rings (SSSR count). The lowest BCUT2D eigenvalue weighted by molar-refractivity contribution is 0.102. The molecule has 0 saturated heterocycles.